The van der Waals surface area contributed by atoms with Crippen LogP contribution in [0, 0.1) is 0 Å². The molecule has 232 valence electrons. The van der Waals surface area contributed by atoms with E-state index in [9.17, 15) is 14.0 Å². The number of likely N-dealkylation sites (tertiary alicyclic amines) is 1. The number of anilines is 2. The Kier molecular flexibility index (Phi) is 7.99. The van der Waals surface area contributed by atoms with Crippen molar-refractivity contribution in [2.24, 2.45) is 0 Å². The molecule has 3 N–H and O–H groups in total. The van der Waals surface area contributed by atoms with E-state index in [-0.39, 0.29) is 11.9 Å². The van der Waals surface area contributed by atoms with Crippen LogP contribution in [-0.2, 0) is 16.1 Å². The summed E-state index contributed by atoms with van der Waals surface area (Å²) in [5.74, 6) is -1.10. The van der Waals surface area contributed by atoms with E-state index in [1.807, 2.05) is 30.3 Å². The maximum absolute atomic E-state index is 13.1. The van der Waals surface area contributed by atoms with Gasteiger partial charge in [-0.25, -0.2) is 14.4 Å². The maximum Gasteiger partial charge on any atom is 0.279 e. The van der Waals surface area contributed by atoms with Crippen molar-refractivity contribution in [3.8, 4) is 11.3 Å². The number of carbonyl (C=O) groups is 2. The number of H-pyrrole nitrogens is 1. The standard InChI is InChI=1S/C33H35FN8O3/c1-20(34)32(43)39-24-3-2-12-41(16-24)15-21-10-11-35-29(13-21)33(44)38-23-6-4-22(5-7-23)28-14-27-30(40-28)36-19-37-31(27)42-25-8-9-26(42)18-45-17-25/h4-7,10-11,13-14,19,24-26H,1-3,8-9,12,15-18H2,(H,38,44)(H,39,43)(H,36,37,40)/t24-,25-,26+/m1/s1. The van der Waals surface area contributed by atoms with Crippen LogP contribution in [0.25, 0.3) is 22.3 Å². The third kappa shape index (κ3) is 6.16. The lowest BCUT2D eigenvalue weighted by Crippen LogP contribution is -2.47. The highest BCUT2D eigenvalue weighted by Crippen LogP contribution is 2.37. The number of pyridine rings is 1. The van der Waals surface area contributed by atoms with Crippen molar-refractivity contribution in [1.29, 1.82) is 0 Å². The molecule has 3 saturated heterocycles. The van der Waals surface area contributed by atoms with Crippen LogP contribution in [0.5, 0.6) is 0 Å². The third-order valence-electron chi connectivity index (χ3n) is 8.89. The number of nitrogens with zero attached hydrogens (tertiary/aromatic N) is 5. The minimum absolute atomic E-state index is 0.148. The molecule has 7 rings (SSSR count). The largest absolute Gasteiger partial charge is 0.377 e. The molecule has 0 aliphatic carbocycles. The third-order valence-corrected chi connectivity index (χ3v) is 8.89. The molecular weight excluding hydrogens is 575 g/mol. The van der Waals surface area contributed by atoms with Gasteiger partial charge in [-0.3, -0.25) is 19.5 Å². The Balaban J connectivity index is 1.00. The molecule has 0 unspecified atom stereocenters. The van der Waals surface area contributed by atoms with Crippen LogP contribution in [0.2, 0.25) is 0 Å². The summed E-state index contributed by atoms with van der Waals surface area (Å²) in [6.07, 6.45) is 7.12. The lowest BCUT2D eigenvalue weighted by atomic mass is 10.0. The molecule has 2 amide bonds. The number of amides is 2. The highest BCUT2D eigenvalue weighted by Gasteiger charge is 2.39. The Bertz CT molecular complexity index is 1730. The molecule has 11 nitrogen and oxygen atoms in total. The van der Waals surface area contributed by atoms with Crippen molar-refractivity contribution in [1.82, 2.24) is 30.2 Å². The van der Waals surface area contributed by atoms with Crippen molar-refractivity contribution < 1.29 is 18.7 Å². The van der Waals surface area contributed by atoms with Crippen LogP contribution in [0.15, 0.2) is 67.4 Å². The van der Waals surface area contributed by atoms with Crippen molar-refractivity contribution in [2.45, 2.75) is 50.4 Å². The summed E-state index contributed by atoms with van der Waals surface area (Å²) in [6, 6.07) is 13.9. The molecule has 3 aliphatic rings. The summed E-state index contributed by atoms with van der Waals surface area (Å²) in [7, 11) is 0. The first-order valence-electron chi connectivity index (χ1n) is 15.4. The van der Waals surface area contributed by atoms with E-state index in [1.54, 1.807) is 18.6 Å². The number of hydrogen-bond acceptors (Lipinski definition) is 8. The highest BCUT2D eigenvalue weighted by molar-refractivity contribution is 6.03. The van der Waals surface area contributed by atoms with Gasteiger partial charge in [0.25, 0.3) is 11.8 Å². The summed E-state index contributed by atoms with van der Waals surface area (Å²) in [6.45, 7) is 6.54. The topological polar surface area (TPSA) is 128 Å². The van der Waals surface area contributed by atoms with E-state index < -0.39 is 11.7 Å². The fourth-order valence-corrected chi connectivity index (χ4v) is 6.73. The van der Waals surface area contributed by atoms with Crippen LogP contribution >= 0.6 is 0 Å². The molecule has 3 aromatic heterocycles. The molecule has 1 aromatic carbocycles. The number of morpholine rings is 1. The summed E-state index contributed by atoms with van der Waals surface area (Å²) >= 11 is 0. The van der Waals surface area contributed by atoms with Gasteiger partial charge in [-0.15, -0.1) is 0 Å². The predicted molar refractivity (Wildman–Crippen MR) is 168 cm³/mol. The van der Waals surface area contributed by atoms with E-state index in [4.69, 9.17) is 4.74 Å². The van der Waals surface area contributed by atoms with E-state index in [2.05, 4.69) is 53.0 Å². The quantitative estimate of drug-likeness (QED) is 0.253. The highest BCUT2D eigenvalue weighted by atomic mass is 19.1. The molecule has 0 saturated carbocycles. The second kappa shape index (κ2) is 12.4. The number of hydrogen-bond donors (Lipinski definition) is 3. The Morgan fingerprint density at radius 1 is 1.04 bits per heavy atom. The fraction of sp³-hybridized carbons (Fsp3) is 0.364. The summed E-state index contributed by atoms with van der Waals surface area (Å²) in [5, 5.41) is 6.62. The molecule has 45 heavy (non-hydrogen) atoms. The summed E-state index contributed by atoms with van der Waals surface area (Å²) in [4.78, 5) is 46.2. The number of rotatable bonds is 8. The van der Waals surface area contributed by atoms with Gasteiger partial charge in [-0.2, -0.15) is 0 Å². The van der Waals surface area contributed by atoms with Gasteiger partial charge in [0, 0.05) is 36.7 Å². The second-order valence-electron chi connectivity index (χ2n) is 12.0. The van der Waals surface area contributed by atoms with E-state index >= 15 is 0 Å². The molecule has 3 atom stereocenters. The molecule has 0 radical (unpaired) electrons. The molecule has 3 aliphatic heterocycles. The zero-order chi connectivity index (χ0) is 30.9. The lowest BCUT2D eigenvalue weighted by molar-refractivity contribution is -0.119. The first-order chi connectivity index (χ1) is 21.9. The van der Waals surface area contributed by atoms with Crippen LogP contribution in [0.3, 0.4) is 0 Å². The number of ether oxygens (including phenoxy) is 1. The normalized spacial score (nSPS) is 21.5. The fourth-order valence-electron chi connectivity index (χ4n) is 6.73. The molecular formula is C33H35FN8O3. The van der Waals surface area contributed by atoms with Crippen LogP contribution in [0.1, 0.15) is 41.7 Å². The number of nitrogens with one attached hydrogen (secondary N) is 3. The smallest absolute Gasteiger partial charge is 0.279 e. The van der Waals surface area contributed by atoms with Gasteiger partial charge in [0.15, 0.2) is 5.83 Å². The molecule has 6 heterocycles. The lowest BCUT2D eigenvalue weighted by Gasteiger charge is -2.35. The SMILES string of the molecule is C=C(F)C(=O)N[C@@H]1CCCN(Cc2ccnc(C(=O)Nc3ccc(-c4cc5c(N6[C@@H]7CC[C@H]6COC7)ncnc5[nH]4)cc3)c2)C1. The van der Waals surface area contributed by atoms with E-state index in [1.165, 1.54) is 0 Å². The number of aromatic nitrogens is 4. The minimum atomic E-state index is -0.983. The number of halogens is 1. The minimum Gasteiger partial charge on any atom is -0.377 e. The average molecular weight is 611 g/mol. The molecule has 12 heteroatoms. The van der Waals surface area contributed by atoms with Crippen LogP contribution < -0.4 is 15.5 Å². The van der Waals surface area contributed by atoms with Crippen molar-refractivity contribution in [3.05, 3.63) is 78.7 Å². The van der Waals surface area contributed by atoms with Gasteiger partial charge in [0.1, 0.15) is 23.5 Å². The van der Waals surface area contributed by atoms with Gasteiger partial charge in [-0.05, 0) is 73.7 Å². The molecule has 3 fully saturated rings. The Morgan fingerprint density at radius 3 is 2.62 bits per heavy atom. The van der Waals surface area contributed by atoms with Crippen LogP contribution in [0.4, 0.5) is 15.9 Å². The van der Waals surface area contributed by atoms with Gasteiger partial charge < -0.3 is 25.3 Å². The van der Waals surface area contributed by atoms with Gasteiger partial charge in [0.05, 0.1) is 30.7 Å². The Morgan fingerprint density at radius 2 is 1.84 bits per heavy atom. The van der Waals surface area contributed by atoms with Gasteiger partial charge >= 0.3 is 0 Å². The number of benzene rings is 1. The van der Waals surface area contributed by atoms with Crippen LogP contribution in [-0.4, -0.2) is 81.1 Å². The summed E-state index contributed by atoms with van der Waals surface area (Å²) in [5.41, 5.74) is 4.58. The molecule has 0 spiro atoms. The summed E-state index contributed by atoms with van der Waals surface area (Å²) < 4.78 is 18.9. The number of carbonyl (C=O) groups excluding carboxylic acids is 2. The molecule has 4 aromatic rings. The number of fused-ring (bicyclic) bond motifs is 3. The first-order valence-corrected chi connectivity index (χ1v) is 15.4. The second-order valence-corrected chi connectivity index (χ2v) is 12.0. The maximum atomic E-state index is 13.1. The van der Waals surface area contributed by atoms with Gasteiger partial charge in [-0.1, -0.05) is 18.7 Å². The Hall–Kier alpha value is -4.68. The number of piperidine rings is 1. The van der Waals surface area contributed by atoms with E-state index in [0.717, 1.165) is 79.1 Å². The zero-order valence-corrected chi connectivity index (χ0v) is 24.8. The van der Waals surface area contributed by atoms with Crippen molar-refractivity contribution >= 4 is 34.4 Å². The van der Waals surface area contributed by atoms with Gasteiger partial charge in [0.2, 0.25) is 0 Å². The van der Waals surface area contributed by atoms with Crippen molar-refractivity contribution in [2.75, 3.05) is 36.5 Å². The predicted octanol–water partition coefficient (Wildman–Crippen LogP) is 4.20. The monoisotopic (exact) mass is 610 g/mol. The zero-order valence-electron chi connectivity index (χ0n) is 24.8. The van der Waals surface area contributed by atoms with E-state index in [0.29, 0.717) is 36.6 Å². The van der Waals surface area contributed by atoms with Crippen molar-refractivity contribution in [3.63, 3.8) is 0 Å². The number of aromatic amines is 1. The first kappa shape index (κ1) is 29.1. The Labute approximate surface area is 259 Å². The average Bonchev–Trinajstić information content (AvgIpc) is 3.59. The molecule has 2 bridgehead atoms.